The van der Waals surface area contributed by atoms with Crippen molar-refractivity contribution in [2.24, 2.45) is 0 Å². The molecule has 7 nitrogen and oxygen atoms in total. The van der Waals surface area contributed by atoms with Gasteiger partial charge in [0.1, 0.15) is 0 Å². The van der Waals surface area contributed by atoms with Gasteiger partial charge in [-0.1, -0.05) is 23.5 Å². The number of aromatic nitrogens is 2. The van der Waals surface area contributed by atoms with E-state index in [0.29, 0.717) is 10.7 Å². The SMILES string of the molecule is Cc1cc(C)c2nc(N(Cc3ccccn3)C(=O)c3ccc(S(=O)(=O)N(C)C)cc3)sc2c1. The van der Waals surface area contributed by atoms with Crippen LogP contribution in [0.3, 0.4) is 0 Å². The number of pyridine rings is 1. The third kappa shape index (κ3) is 4.66. The van der Waals surface area contributed by atoms with Crippen LogP contribution in [0.4, 0.5) is 5.13 Å². The Morgan fingerprint density at radius 2 is 1.76 bits per heavy atom. The standard InChI is InChI=1S/C24H24N4O3S2/c1-16-13-17(2)22-21(14-16)32-24(26-22)28(15-19-7-5-6-12-25-19)23(29)18-8-10-20(11-9-18)33(30,31)27(3)4/h5-14H,15H2,1-4H3. The number of sulfonamides is 1. The number of hydrogen-bond acceptors (Lipinski definition) is 6. The number of fused-ring (bicyclic) bond motifs is 1. The molecule has 4 rings (SSSR count). The molecule has 0 aliphatic rings. The molecule has 0 saturated carbocycles. The number of nitrogens with zero attached hydrogens (tertiary/aromatic N) is 4. The van der Waals surface area contributed by atoms with Gasteiger partial charge in [-0.3, -0.25) is 14.7 Å². The third-order valence-electron chi connectivity index (χ3n) is 5.22. The molecule has 4 aromatic rings. The fourth-order valence-corrected chi connectivity index (χ4v) is 5.53. The van der Waals surface area contributed by atoms with Crippen molar-refractivity contribution in [1.29, 1.82) is 0 Å². The highest BCUT2D eigenvalue weighted by molar-refractivity contribution is 7.89. The van der Waals surface area contributed by atoms with Crippen LogP contribution in [0.25, 0.3) is 10.2 Å². The summed E-state index contributed by atoms with van der Waals surface area (Å²) in [6.07, 6.45) is 1.69. The van der Waals surface area contributed by atoms with Crippen molar-refractivity contribution in [3.8, 4) is 0 Å². The maximum absolute atomic E-state index is 13.6. The summed E-state index contributed by atoms with van der Waals surface area (Å²) in [5.41, 5.74) is 4.15. The first-order chi connectivity index (χ1) is 15.7. The molecule has 170 valence electrons. The molecular weight excluding hydrogens is 456 g/mol. The molecule has 0 spiro atoms. The zero-order valence-electron chi connectivity index (χ0n) is 18.8. The Morgan fingerprint density at radius 3 is 2.39 bits per heavy atom. The second-order valence-electron chi connectivity index (χ2n) is 7.95. The zero-order chi connectivity index (χ0) is 23.8. The number of hydrogen-bond donors (Lipinski definition) is 0. The summed E-state index contributed by atoms with van der Waals surface area (Å²) in [5, 5.41) is 0.569. The van der Waals surface area contributed by atoms with Crippen molar-refractivity contribution in [3.63, 3.8) is 0 Å². The first-order valence-electron chi connectivity index (χ1n) is 10.3. The summed E-state index contributed by atoms with van der Waals surface area (Å²) in [4.78, 5) is 24.4. The number of thiazole rings is 1. The van der Waals surface area contributed by atoms with E-state index in [2.05, 4.69) is 17.1 Å². The van der Waals surface area contributed by atoms with Crippen molar-refractivity contribution in [1.82, 2.24) is 14.3 Å². The largest absolute Gasteiger partial charge is 0.278 e. The van der Waals surface area contributed by atoms with Crippen LogP contribution >= 0.6 is 11.3 Å². The van der Waals surface area contributed by atoms with E-state index in [0.717, 1.165) is 31.3 Å². The van der Waals surface area contributed by atoms with E-state index >= 15 is 0 Å². The minimum Gasteiger partial charge on any atom is -0.278 e. The van der Waals surface area contributed by atoms with E-state index in [4.69, 9.17) is 4.98 Å². The summed E-state index contributed by atoms with van der Waals surface area (Å²) in [6.45, 7) is 4.29. The molecule has 0 aliphatic carbocycles. The van der Waals surface area contributed by atoms with Gasteiger partial charge in [0.05, 0.1) is 27.4 Å². The van der Waals surface area contributed by atoms with E-state index in [9.17, 15) is 13.2 Å². The molecule has 0 aliphatic heterocycles. The highest BCUT2D eigenvalue weighted by Crippen LogP contribution is 2.33. The number of rotatable bonds is 6. The van der Waals surface area contributed by atoms with Crippen LogP contribution < -0.4 is 4.90 Å². The van der Waals surface area contributed by atoms with Gasteiger partial charge in [-0.2, -0.15) is 0 Å². The lowest BCUT2D eigenvalue weighted by molar-refractivity contribution is 0.0984. The van der Waals surface area contributed by atoms with Crippen molar-refractivity contribution in [2.75, 3.05) is 19.0 Å². The smallest absolute Gasteiger partial charge is 0.260 e. The lowest BCUT2D eigenvalue weighted by atomic mass is 10.1. The second-order valence-corrected chi connectivity index (χ2v) is 11.1. The van der Waals surface area contributed by atoms with E-state index in [1.165, 1.54) is 49.7 Å². The van der Waals surface area contributed by atoms with Gasteiger partial charge in [-0.25, -0.2) is 17.7 Å². The van der Waals surface area contributed by atoms with Crippen LogP contribution in [-0.4, -0.2) is 42.7 Å². The van der Waals surface area contributed by atoms with Crippen LogP contribution in [0.2, 0.25) is 0 Å². The van der Waals surface area contributed by atoms with Crippen LogP contribution in [-0.2, 0) is 16.6 Å². The average Bonchev–Trinajstić information content (AvgIpc) is 3.22. The van der Waals surface area contributed by atoms with E-state index in [1.54, 1.807) is 11.1 Å². The molecule has 2 heterocycles. The number of amides is 1. The topological polar surface area (TPSA) is 83.5 Å². The van der Waals surface area contributed by atoms with E-state index in [-0.39, 0.29) is 17.3 Å². The van der Waals surface area contributed by atoms with Gasteiger partial charge in [0.25, 0.3) is 5.91 Å². The maximum Gasteiger partial charge on any atom is 0.260 e. The fourth-order valence-electron chi connectivity index (χ4n) is 3.49. The number of carbonyl (C=O) groups is 1. The summed E-state index contributed by atoms with van der Waals surface area (Å²) < 4.78 is 26.9. The van der Waals surface area contributed by atoms with Crippen molar-refractivity contribution in [3.05, 3.63) is 83.2 Å². The third-order valence-corrected chi connectivity index (χ3v) is 8.08. The molecule has 33 heavy (non-hydrogen) atoms. The van der Waals surface area contributed by atoms with Gasteiger partial charge in [0.2, 0.25) is 10.0 Å². The normalized spacial score (nSPS) is 11.8. The lowest BCUT2D eigenvalue weighted by Gasteiger charge is -2.20. The molecule has 1 amide bonds. The first-order valence-corrected chi connectivity index (χ1v) is 12.5. The predicted octanol–water partition coefficient (Wildman–Crippen LogP) is 4.41. The Hall–Kier alpha value is -3.14. The summed E-state index contributed by atoms with van der Waals surface area (Å²) in [5.74, 6) is -0.275. The minimum absolute atomic E-state index is 0.131. The molecule has 9 heteroatoms. The van der Waals surface area contributed by atoms with E-state index < -0.39 is 10.0 Å². The molecule has 0 bridgehead atoms. The van der Waals surface area contributed by atoms with Crippen LogP contribution in [0.5, 0.6) is 0 Å². The Balaban J connectivity index is 1.75. The Morgan fingerprint density at radius 1 is 1.03 bits per heavy atom. The molecule has 0 N–H and O–H groups in total. The molecular formula is C24H24N4O3S2. The van der Waals surface area contributed by atoms with Gasteiger partial charge >= 0.3 is 0 Å². The Labute approximate surface area is 197 Å². The summed E-state index contributed by atoms with van der Waals surface area (Å²) >= 11 is 1.45. The Bertz CT molecular complexity index is 1410. The lowest BCUT2D eigenvalue weighted by Crippen LogP contribution is -2.30. The second kappa shape index (κ2) is 9.01. The number of carbonyl (C=O) groups excluding carboxylic acids is 1. The summed E-state index contributed by atoms with van der Waals surface area (Å²) in [6, 6.07) is 15.7. The minimum atomic E-state index is -3.58. The Kier molecular flexibility index (Phi) is 6.29. The number of anilines is 1. The molecule has 2 aromatic heterocycles. The predicted molar refractivity (Wildman–Crippen MR) is 131 cm³/mol. The van der Waals surface area contributed by atoms with Gasteiger partial charge in [0, 0.05) is 25.9 Å². The van der Waals surface area contributed by atoms with E-state index in [1.807, 2.05) is 32.0 Å². The molecule has 0 atom stereocenters. The van der Waals surface area contributed by atoms with Crippen molar-refractivity contribution < 1.29 is 13.2 Å². The van der Waals surface area contributed by atoms with Crippen LogP contribution in [0.15, 0.2) is 65.7 Å². The molecule has 0 fully saturated rings. The zero-order valence-corrected chi connectivity index (χ0v) is 20.4. The van der Waals surface area contributed by atoms with Crippen LogP contribution in [0, 0.1) is 13.8 Å². The maximum atomic E-state index is 13.6. The molecule has 0 unspecified atom stereocenters. The number of benzene rings is 2. The molecule has 0 saturated heterocycles. The molecule has 0 radical (unpaired) electrons. The van der Waals surface area contributed by atoms with Gasteiger partial charge in [-0.15, -0.1) is 0 Å². The van der Waals surface area contributed by atoms with Crippen molar-refractivity contribution >= 4 is 42.6 Å². The van der Waals surface area contributed by atoms with Gasteiger partial charge in [0.15, 0.2) is 5.13 Å². The van der Waals surface area contributed by atoms with Gasteiger partial charge in [-0.05, 0) is 67.4 Å². The molecule has 2 aromatic carbocycles. The fraction of sp³-hybridized carbons (Fsp3) is 0.208. The van der Waals surface area contributed by atoms with Crippen molar-refractivity contribution in [2.45, 2.75) is 25.3 Å². The highest BCUT2D eigenvalue weighted by Gasteiger charge is 2.24. The van der Waals surface area contributed by atoms with Gasteiger partial charge < -0.3 is 0 Å². The van der Waals surface area contributed by atoms with Crippen LogP contribution in [0.1, 0.15) is 27.2 Å². The number of aryl methyl sites for hydroxylation is 2. The first kappa shape index (κ1) is 23.0. The highest BCUT2D eigenvalue weighted by atomic mass is 32.2. The average molecular weight is 481 g/mol. The summed E-state index contributed by atoms with van der Waals surface area (Å²) in [7, 11) is -0.634. The monoisotopic (exact) mass is 480 g/mol. The quantitative estimate of drug-likeness (QED) is 0.408.